The fourth-order valence-corrected chi connectivity index (χ4v) is 8.11. The molecule has 0 spiro atoms. The van der Waals surface area contributed by atoms with Gasteiger partial charge in [-0.05, 0) is 96.0 Å². The van der Waals surface area contributed by atoms with E-state index in [1.165, 1.54) is 44.9 Å². The van der Waals surface area contributed by atoms with Gasteiger partial charge in [0, 0.05) is 0 Å². The molecule has 0 aromatic heterocycles. The smallest absolute Gasteiger partial charge is 0.00925 e. The van der Waals surface area contributed by atoms with Crippen molar-refractivity contribution in [2.24, 2.45) is 64.6 Å². The quantitative estimate of drug-likeness (QED) is 0.394. The molecule has 0 aliphatic heterocycles. The van der Waals surface area contributed by atoms with Crippen LogP contribution in [0, 0.1) is 64.6 Å². The molecule has 0 amide bonds. The van der Waals surface area contributed by atoms with Crippen molar-refractivity contribution < 1.29 is 0 Å². The zero-order valence-corrected chi connectivity index (χ0v) is 24.3. The van der Waals surface area contributed by atoms with Crippen molar-refractivity contribution in [1.82, 2.24) is 0 Å². The van der Waals surface area contributed by atoms with Crippen molar-refractivity contribution >= 4 is 12.6 Å². The van der Waals surface area contributed by atoms with Crippen molar-refractivity contribution in [3.05, 3.63) is 0 Å². The monoisotopic (exact) mass is 452 g/mol. The highest BCUT2D eigenvalue weighted by molar-refractivity contribution is 7.80. The Balaban J connectivity index is 3.46. The Labute approximate surface area is 203 Å². The lowest BCUT2D eigenvalue weighted by Crippen LogP contribution is -2.40. The van der Waals surface area contributed by atoms with Crippen LogP contribution in [0.15, 0.2) is 0 Å². The van der Waals surface area contributed by atoms with E-state index in [1.54, 1.807) is 0 Å². The first kappa shape index (κ1) is 29.4. The molecule has 1 fully saturated rings. The molecule has 0 aromatic carbocycles. The summed E-state index contributed by atoms with van der Waals surface area (Å²) in [5, 5.41) is 0. The van der Waals surface area contributed by atoms with E-state index in [0.717, 1.165) is 64.9 Å². The predicted molar refractivity (Wildman–Crippen MR) is 146 cm³/mol. The fourth-order valence-electron chi connectivity index (χ4n) is 7.66. The van der Waals surface area contributed by atoms with Crippen molar-refractivity contribution in [2.75, 3.05) is 5.75 Å². The maximum Gasteiger partial charge on any atom is -0.00925 e. The Hall–Kier alpha value is 0.350. The third-order valence-electron chi connectivity index (χ3n) is 11.1. The Morgan fingerprint density at radius 3 is 1.61 bits per heavy atom. The normalized spacial score (nSPS) is 46.5. The maximum absolute atomic E-state index is 4.79. The van der Waals surface area contributed by atoms with Gasteiger partial charge in [-0.15, -0.1) is 0 Å². The zero-order valence-electron chi connectivity index (χ0n) is 23.4. The van der Waals surface area contributed by atoms with Crippen molar-refractivity contribution in [2.45, 2.75) is 121 Å². The second kappa shape index (κ2) is 13.3. The van der Waals surface area contributed by atoms with Crippen LogP contribution in [0.25, 0.3) is 0 Å². The predicted octanol–water partition coefficient (Wildman–Crippen LogP) is 10.0. The summed E-state index contributed by atoms with van der Waals surface area (Å²) in [5.74, 6) is 9.17. The minimum absolute atomic E-state index is 0.442. The van der Waals surface area contributed by atoms with Crippen LogP contribution in [0.2, 0.25) is 0 Å². The largest absolute Gasteiger partial charge is 0.179 e. The molecule has 0 radical (unpaired) electrons. The van der Waals surface area contributed by atoms with Gasteiger partial charge in [0.05, 0.1) is 0 Å². The lowest BCUT2D eigenvalue weighted by atomic mass is 9.57. The molecular formula is C30H60S. The molecule has 186 valence electrons. The molecular weight excluding hydrogens is 392 g/mol. The highest BCUT2D eigenvalue weighted by Crippen LogP contribution is 2.51. The molecule has 0 aromatic rings. The van der Waals surface area contributed by atoms with E-state index in [2.05, 4.69) is 76.2 Å². The van der Waals surface area contributed by atoms with Gasteiger partial charge in [-0.3, -0.25) is 0 Å². The third-order valence-corrected chi connectivity index (χ3v) is 11.3. The summed E-state index contributed by atoms with van der Waals surface area (Å²) >= 11 is 4.79. The summed E-state index contributed by atoms with van der Waals surface area (Å²) in [5.41, 5.74) is 0.442. The molecule has 1 heteroatoms. The maximum atomic E-state index is 4.79. The Kier molecular flexibility index (Phi) is 12.6. The van der Waals surface area contributed by atoms with Crippen LogP contribution in [0.5, 0.6) is 0 Å². The highest BCUT2D eigenvalue weighted by Gasteiger charge is 2.42. The standard InChI is InChI=1S/C30H60S/c1-12-28-19-30(14-3,15-16-31)27(11)25(9)23(7)18-21(5)20(4)17-22(6)24(8)26(10)29(28)13-2/h20-29,31H,12-19H2,1-11H3. The molecule has 0 heterocycles. The van der Waals surface area contributed by atoms with Gasteiger partial charge in [0.2, 0.25) is 0 Å². The molecule has 1 aliphatic rings. The van der Waals surface area contributed by atoms with E-state index >= 15 is 0 Å². The number of hydrogen-bond donors (Lipinski definition) is 1. The van der Waals surface area contributed by atoms with Crippen LogP contribution in [-0.2, 0) is 0 Å². The Morgan fingerprint density at radius 1 is 0.677 bits per heavy atom. The molecule has 0 nitrogen and oxygen atoms in total. The van der Waals surface area contributed by atoms with Crippen LogP contribution in [0.1, 0.15) is 121 Å². The van der Waals surface area contributed by atoms with Crippen molar-refractivity contribution in [3.63, 3.8) is 0 Å². The highest BCUT2D eigenvalue weighted by atomic mass is 32.1. The first-order chi connectivity index (χ1) is 14.5. The zero-order chi connectivity index (χ0) is 23.9. The van der Waals surface area contributed by atoms with Gasteiger partial charge in [0.25, 0.3) is 0 Å². The van der Waals surface area contributed by atoms with Crippen LogP contribution >= 0.6 is 12.6 Å². The van der Waals surface area contributed by atoms with Gasteiger partial charge in [-0.2, -0.15) is 12.6 Å². The van der Waals surface area contributed by atoms with Crippen molar-refractivity contribution in [3.8, 4) is 0 Å². The van der Waals surface area contributed by atoms with Gasteiger partial charge >= 0.3 is 0 Å². The molecule has 1 aliphatic carbocycles. The second-order valence-electron chi connectivity index (χ2n) is 12.4. The topological polar surface area (TPSA) is 0 Å². The molecule has 0 N–H and O–H groups in total. The lowest BCUT2D eigenvalue weighted by Gasteiger charge is -2.48. The molecule has 1 saturated carbocycles. The number of thiol groups is 1. The van der Waals surface area contributed by atoms with Gasteiger partial charge in [0.15, 0.2) is 0 Å². The summed E-state index contributed by atoms with van der Waals surface area (Å²) in [6, 6.07) is 0. The summed E-state index contributed by atoms with van der Waals surface area (Å²) in [4.78, 5) is 0. The van der Waals surface area contributed by atoms with Crippen LogP contribution in [-0.4, -0.2) is 5.75 Å². The Morgan fingerprint density at radius 2 is 1.19 bits per heavy atom. The third kappa shape index (κ3) is 7.16. The molecule has 1 rings (SSSR count). The van der Waals surface area contributed by atoms with E-state index < -0.39 is 0 Å². The van der Waals surface area contributed by atoms with Gasteiger partial charge in [0.1, 0.15) is 0 Å². The van der Waals surface area contributed by atoms with E-state index in [9.17, 15) is 0 Å². The molecule has 11 unspecified atom stereocenters. The average molecular weight is 453 g/mol. The van der Waals surface area contributed by atoms with Crippen LogP contribution < -0.4 is 0 Å². The molecule has 0 saturated heterocycles. The minimum atomic E-state index is 0.442. The van der Waals surface area contributed by atoms with E-state index in [-0.39, 0.29) is 0 Å². The summed E-state index contributed by atoms with van der Waals surface area (Å²) in [6.07, 6.45) is 9.46. The summed E-state index contributed by atoms with van der Waals surface area (Å²) < 4.78 is 0. The first-order valence-corrected chi connectivity index (χ1v) is 14.7. The van der Waals surface area contributed by atoms with Crippen LogP contribution in [0.3, 0.4) is 0 Å². The molecule has 0 bridgehead atoms. The SMILES string of the molecule is CCC1CC(CC)(CCS)C(C)C(C)C(C)CC(C)C(C)CC(C)C(C)C(C)C1CC. The van der Waals surface area contributed by atoms with Crippen LogP contribution in [0.4, 0.5) is 0 Å². The summed E-state index contributed by atoms with van der Waals surface area (Å²) in [7, 11) is 0. The van der Waals surface area contributed by atoms with E-state index in [0.29, 0.717) is 5.41 Å². The van der Waals surface area contributed by atoms with Gasteiger partial charge in [-0.1, -0.05) is 95.4 Å². The minimum Gasteiger partial charge on any atom is -0.179 e. The Bertz CT molecular complexity index is 487. The average Bonchev–Trinajstić information content (AvgIpc) is 2.75. The van der Waals surface area contributed by atoms with E-state index in [4.69, 9.17) is 12.6 Å². The number of hydrogen-bond acceptors (Lipinski definition) is 1. The fraction of sp³-hybridized carbons (Fsp3) is 1.00. The molecule has 31 heavy (non-hydrogen) atoms. The van der Waals surface area contributed by atoms with E-state index in [1.807, 2.05) is 0 Å². The number of rotatable bonds is 5. The first-order valence-electron chi connectivity index (χ1n) is 14.1. The van der Waals surface area contributed by atoms with Crippen molar-refractivity contribution in [1.29, 1.82) is 0 Å². The van der Waals surface area contributed by atoms with Gasteiger partial charge in [-0.25, -0.2) is 0 Å². The summed E-state index contributed by atoms with van der Waals surface area (Å²) in [6.45, 7) is 27.9. The lowest BCUT2D eigenvalue weighted by molar-refractivity contribution is 0.0174. The second-order valence-corrected chi connectivity index (χ2v) is 12.8. The molecule has 11 atom stereocenters. The van der Waals surface area contributed by atoms with Gasteiger partial charge < -0.3 is 0 Å².